The summed E-state index contributed by atoms with van der Waals surface area (Å²) >= 11 is 0. The lowest BCUT2D eigenvalue weighted by atomic mass is 10.1. The lowest BCUT2D eigenvalue weighted by molar-refractivity contribution is 0.0468. The molecule has 1 aliphatic rings. The summed E-state index contributed by atoms with van der Waals surface area (Å²) in [6.45, 7) is 5.20. The van der Waals surface area contributed by atoms with E-state index >= 15 is 0 Å². The van der Waals surface area contributed by atoms with Crippen molar-refractivity contribution in [2.45, 2.75) is 58.0 Å². The summed E-state index contributed by atoms with van der Waals surface area (Å²) in [5.41, 5.74) is 0. The van der Waals surface area contributed by atoms with Crippen LogP contribution in [0.15, 0.2) is 4.99 Å². The van der Waals surface area contributed by atoms with E-state index < -0.39 is 10.0 Å². The third kappa shape index (κ3) is 11.6. The molecule has 0 aromatic rings. The molecule has 0 saturated heterocycles. The van der Waals surface area contributed by atoms with Gasteiger partial charge in [0.25, 0.3) is 0 Å². The van der Waals surface area contributed by atoms with Gasteiger partial charge in [-0.3, -0.25) is 4.99 Å². The second-order valence-electron chi connectivity index (χ2n) is 6.19. The van der Waals surface area contributed by atoms with E-state index in [9.17, 15) is 8.42 Å². The zero-order chi connectivity index (χ0) is 17.7. The Hall–Kier alpha value is -0.860. The van der Waals surface area contributed by atoms with Crippen LogP contribution in [0.25, 0.3) is 0 Å². The van der Waals surface area contributed by atoms with E-state index in [4.69, 9.17) is 4.74 Å². The normalized spacial score (nSPS) is 17.5. The van der Waals surface area contributed by atoms with Crippen molar-refractivity contribution < 1.29 is 13.2 Å². The van der Waals surface area contributed by atoms with Crippen LogP contribution >= 0.6 is 0 Å². The number of ether oxygens (including phenoxy) is 1. The van der Waals surface area contributed by atoms with Gasteiger partial charge in [0.1, 0.15) is 0 Å². The van der Waals surface area contributed by atoms with Gasteiger partial charge in [0.05, 0.1) is 19.0 Å². The van der Waals surface area contributed by atoms with Crippen molar-refractivity contribution in [2.24, 2.45) is 4.99 Å². The summed E-state index contributed by atoms with van der Waals surface area (Å²) in [6.07, 6.45) is 9.85. The average molecular weight is 363 g/mol. The van der Waals surface area contributed by atoms with Crippen molar-refractivity contribution >= 4 is 16.0 Å². The number of nitrogens with one attached hydrogen (secondary N) is 3. The molecular weight excluding hydrogens is 328 g/mol. The average Bonchev–Trinajstić information content (AvgIpc) is 2.78. The lowest BCUT2D eigenvalue weighted by Gasteiger charge is -2.16. The van der Waals surface area contributed by atoms with E-state index in [1.807, 2.05) is 6.92 Å². The van der Waals surface area contributed by atoms with Gasteiger partial charge in [-0.15, -0.1) is 0 Å². The van der Waals surface area contributed by atoms with Crippen molar-refractivity contribution in [1.29, 1.82) is 0 Å². The molecule has 1 rings (SSSR count). The van der Waals surface area contributed by atoms with Gasteiger partial charge in [0.2, 0.25) is 10.0 Å². The molecule has 3 N–H and O–H groups in total. The van der Waals surface area contributed by atoms with Gasteiger partial charge in [0, 0.05) is 26.2 Å². The molecule has 24 heavy (non-hydrogen) atoms. The Morgan fingerprint density at radius 3 is 2.46 bits per heavy atom. The predicted molar refractivity (Wildman–Crippen MR) is 98.9 cm³/mol. The van der Waals surface area contributed by atoms with E-state index in [0.29, 0.717) is 32.2 Å². The van der Waals surface area contributed by atoms with Gasteiger partial charge in [-0.2, -0.15) is 0 Å². The highest BCUT2D eigenvalue weighted by molar-refractivity contribution is 7.88. The molecule has 8 heteroatoms. The second-order valence-corrected chi connectivity index (χ2v) is 8.02. The summed E-state index contributed by atoms with van der Waals surface area (Å²) in [5.74, 6) is 0.751. The zero-order valence-electron chi connectivity index (χ0n) is 15.1. The molecule has 0 atom stereocenters. The largest absolute Gasteiger partial charge is 0.376 e. The standard InChI is InChI=1S/C16H34N4O3S/c1-3-17-16(18-11-8-12-20-24(2,21)22)19-13-14-23-15-9-6-4-5-7-10-15/h15,20H,3-14H2,1-2H3,(H2,17,18,19). The monoisotopic (exact) mass is 362 g/mol. The molecule has 7 nitrogen and oxygen atoms in total. The minimum Gasteiger partial charge on any atom is -0.376 e. The number of guanidine groups is 1. The van der Waals surface area contributed by atoms with Gasteiger partial charge >= 0.3 is 0 Å². The molecule has 0 aliphatic heterocycles. The summed E-state index contributed by atoms with van der Waals surface area (Å²) in [5, 5.41) is 6.44. The van der Waals surface area contributed by atoms with Crippen LogP contribution in [0.3, 0.4) is 0 Å². The number of hydrogen-bond donors (Lipinski definition) is 3. The van der Waals surface area contributed by atoms with Gasteiger partial charge in [0.15, 0.2) is 5.96 Å². The summed E-state index contributed by atoms with van der Waals surface area (Å²) < 4.78 is 30.4. The number of nitrogens with zero attached hydrogens (tertiary/aromatic N) is 1. The second kappa shape index (κ2) is 12.5. The fourth-order valence-corrected chi connectivity index (χ4v) is 3.19. The Labute approximate surface area is 147 Å². The van der Waals surface area contributed by atoms with Crippen molar-refractivity contribution in [2.75, 3.05) is 39.0 Å². The molecule has 0 aromatic carbocycles. The van der Waals surface area contributed by atoms with Crippen LogP contribution < -0.4 is 15.4 Å². The lowest BCUT2D eigenvalue weighted by Crippen LogP contribution is -2.39. The van der Waals surface area contributed by atoms with Crippen molar-refractivity contribution in [1.82, 2.24) is 15.4 Å². The third-order valence-corrected chi connectivity index (χ3v) is 4.59. The third-order valence-electron chi connectivity index (χ3n) is 3.86. The van der Waals surface area contributed by atoms with Gasteiger partial charge < -0.3 is 15.4 Å². The summed E-state index contributed by atoms with van der Waals surface area (Å²) in [4.78, 5) is 4.44. The molecule has 1 aliphatic carbocycles. The van der Waals surface area contributed by atoms with Crippen LogP contribution in [0.5, 0.6) is 0 Å². The maximum atomic E-state index is 11.0. The van der Waals surface area contributed by atoms with Crippen LogP contribution in [-0.2, 0) is 14.8 Å². The molecule has 1 fully saturated rings. The first-order chi connectivity index (χ1) is 11.5. The predicted octanol–water partition coefficient (Wildman–Crippen LogP) is 1.22. The smallest absolute Gasteiger partial charge is 0.208 e. The molecule has 0 unspecified atom stereocenters. The zero-order valence-corrected chi connectivity index (χ0v) is 16.0. The quantitative estimate of drug-likeness (QED) is 0.235. The molecule has 0 aromatic heterocycles. The highest BCUT2D eigenvalue weighted by Gasteiger charge is 2.12. The van der Waals surface area contributed by atoms with E-state index in [-0.39, 0.29) is 0 Å². The van der Waals surface area contributed by atoms with E-state index in [2.05, 4.69) is 20.3 Å². The Morgan fingerprint density at radius 2 is 1.83 bits per heavy atom. The fourth-order valence-electron chi connectivity index (χ4n) is 2.67. The maximum absolute atomic E-state index is 11.0. The Balaban J connectivity index is 2.18. The Bertz CT molecular complexity index is 446. The number of aliphatic imine (C=N–C) groups is 1. The first kappa shape index (κ1) is 21.2. The first-order valence-electron chi connectivity index (χ1n) is 9.09. The Morgan fingerprint density at radius 1 is 1.12 bits per heavy atom. The fraction of sp³-hybridized carbons (Fsp3) is 0.938. The SMILES string of the molecule is CCNC(=NCCCNS(C)(=O)=O)NCCOC1CCCCCC1. The number of rotatable bonds is 10. The number of hydrogen-bond acceptors (Lipinski definition) is 4. The van der Waals surface area contributed by atoms with Crippen molar-refractivity contribution in [3.05, 3.63) is 0 Å². The molecule has 0 bridgehead atoms. The van der Waals surface area contributed by atoms with Crippen molar-refractivity contribution in [3.63, 3.8) is 0 Å². The molecular formula is C16H34N4O3S. The molecule has 142 valence electrons. The van der Waals surface area contributed by atoms with E-state index in [1.54, 1.807) is 0 Å². The summed E-state index contributed by atoms with van der Waals surface area (Å²) in [6, 6.07) is 0. The molecule has 0 radical (unpaired) electrons. The topological polar surface area (TPSA) is 91.8 Å². The highest BCUT2D eigenvalue weighted by Crippen LogP contribution is 2.19. The van der Waals surface area contributed by atoms with Crippen LogP contribution in [0.1, 0.15) is 51.9 Å². The van der Waals surface area contributed by atoms with E-state index in [0.717, 1.165) is 25.3 Å². The highest BCUT2D eigenvalue weighted by atomic mass is 32.2. The first-order valence-corrected chi connectivity index (χ1v) is 11.0. The molecule has 0 amide bonds. The van der Waals surface area contributed by atoms with Gasteiger partial charge in [-0.1, -0.05) is 25.7 Å². The van der Waals surface area contributed by atoms with Crippen LogP contribution in [0, 0.1) is 0 Å². The van der Waals surface area contributed by atoms with E-state index in [1.165, 1.54) is 38.5 Å². The number of sulfonamides is 1. The van der Waals surface area contributed by atoms with Crippen molar-refractivity contribution in [3.8, 4) is 0 Å². The minimum absolute atomic E-state index is 0.409. The van der Waals surface area contributed by atoms with Crippen LogP contribution in [-0.4, -0.2) is 59.5 Å². The maximum Gasteiger partial charge on any atom is 0.208 e. The molecule has 1 saturated carbocycles. The molecule has 0 spiro atoms. The van der Waals surface area contributed by atoms with Gasteiger partial charge in [-0.25, -0.2) is 13.1 Å². The minimum atomic E-state index is -3.11. The Kier molecular flexibility index (Phi) is 11.0. The van der Waals surface area contributed by atoms with Crippen LogP contribution in [0.2, 0.25) is 0 Å². The van der Waals surface area contributed by atoms with Crippen LogP contribution in [0.4, 0.5) is 0 Å². The van der Waals surface area contributed by atoms with Gasteiger partial charge in [-0.05, 0) is 26.2 Å². The summed E-state index contributed by atoms with van der Waals surface area (Å²) in [7, 11) is -3.11. The molecule has 0 heterocycles.